The third-order valence-electron chi connectivity index (χ3n) is 3.81. The third-order valence-corrected chi connectivity index (χ3v) is 6.11. The van der Waals surface area contributed by atoms with Gasteiger partial charge in [-0.3, -0.25) is 4.79 Å². The molecule has 0 spiro atoms. The zero-order valence-electron chi connectivity index (χ0n) is 14.8. The summed E-state index contributed by atoms with van der Waals surface area (Å²) in [5.74, 6) is 0.416. The van der Waals surface area contributed by atoms with Crippen LogP contribution in [-0.2, 0) is 16.4 Å². The van der Waals surface area contributed by atoms with Gasteiger partial charge in [-0.05, 0) is 42.3 Å². The molecule has 2 aromatic rings. The number of nitrogens with zero attached hydrogens (tertiary/aromatic N) is 1. The first-order valence-corrected chi connectivity index (χ1v) is 9.70. The normalized spacial score (nSPS) is 11.4. The number of methoxy groups -OCH3 is 1. The van der Waals surface area contributed by atoms with Crippen molar-refractivity contribution in [3.63, 3.8) is 0 Å². The summed E-state index contributed by atoms with van der Waals surface area (Å²) >= 11 is 5.99. The van der Waals surface area contributed by atoms with Crippen molar-refractivity contribution < 1.29 is 17.9 Å². The molecule has 0 aliphatic carbocycles. The van der Waals surface area contributed by atoms with Crippen LogP contribution in [0.15, 0.2) is 47.4 Å². The van der Waals surface area contributed by atoms with Gasteiger partial charge in [0.25, 0.3) is 5.91 Å². The fourth-order valence-electron chi connectivity index (χ4n) is 2.25. The summed E-state index contributed by atoms with van der Waals surface area (Å²) in [6.07, 6.45) is 0.645. The summed E-state index contributed by atoms with van der Waals surface area (Å²) in [4.78, 5) is 12.2. The Kier molecular flexibility index (Phi) is 6.63. The molecule has 0 aliphatic rings. The van der Waals surface area contributed by atoms with Crippen LogP contribution in [-0.4, -0.2) is 46.4 Å². The molecule has 0 saturated carbocycles. The van der Waals surface area contributed by atoms with Crippen LogP contribution >= 0.6 is 11.6 Å². The highest BCUT2D eigenvalue weighted by molar-refractivity contribution is 7.89. The number of sulfonamides is 1. The third kappa shape index (κ3) is 4.75. The van der Waals surface area contributed by atoms with Crippen molar-refractivity contribution in [2.75, 3.05) is 27.7 Å². The number of hydrogen-bond donors (Lipinski definition) is 1. The van der Waals surface area contributed by atoms with Crippen LogP contribution in [0.4, 0.5) is 0 Å². The van der Waals surface area contributed by atoms with E-state index in [0.29, 0.717) is 13.0 Å². The van der Waals surface area contributed by atoms with E-state index in [1.807, 2.05) is 24.3 Å². The molecule has 1 amide bonds. The van der Waals surface area contributed by atoms with Gasteiger partial charge in [0.2, 0.25) is 10.0 Å². The number of carbonyl (C=O) groups excluding carboxylic acids is 1. The van der Waals surface area contributed by atoms with Crippen molar-refractivity contribution >= 4 is 27.5 Å². The monoisotopic (exact) mass is 396 g/mol. The van der Waals surface area contributed by atoms with E-state index in [4.69, 9.17) is 16.3 Å². The predicted octanol–water partition coefficient (Wildman–Crippen LogP) is 2.57. The van der Waals surface area contributed by atoms with E-state index < -0.39 is 10.0 Å². The molecule has 0 saturated heterocycles. The van der Waals surface area contributed by atoms with Crippen LogP contribution in [0.5, 0.6) is 5.75 Å². The molecule has 1 N–H and O–H groups in total. The van der Waals surface area contributed by atoms with Crippen molar-refractivity contribution in [3.05, 3.63) is 58.6 Å². The minimum atomic E-state index is -3.72. The van der Waals surface area contributed by atoms with Crippen LogP contribution in [0.25, 0.3) is 0 Å². The number of amides is 1. The van der Waals surface area contributed by atoms with Gasteiger partial charge in [-0.15, -0.1) is 0 Å². The molecule has 0 atom stereocenters. The largest absolute Gasteiger partial charge is 0.497 e. The second-order valence-corrected chi connectivity index (χ2v) is 8.31. The summed E-state index contributed by atoms with van der Waals surface area (Å²) in [5.41, 5.74) is 1.29. The molecule has 0 radical (unpaired) electrons. The van der Waals surface area contributed by atoms with Gasteiger partial charge < -0.3 is 10.1 Å². The summed E-state index contributed by atoms with van der Waals surface area (Å²) in [6, 6.07) is 11.8. The molecule has 140 valence electrons. The lowest BCUT2D eigenvalue weighted by Crippen LogP contribution is -2.27. The van der Waals surface area contributed by atoms with E-state index in [0.717, 1.165) is 15.6 Å². The number of benzene rings is 2. The second-order valence-electron chi connectivity index (χ2n) is 5.79. The smallest absolute Gasteiger partial charge is 0.251 e. The molecule has 0 aromatic heterocycles. The Balaban J connectivity index is 2.05. The lowest BCUT2D eigenvalue weighted by atomic mass is 10.1. The number of nitrogens with one attached hydrogen (secondary N) is 1. The Morgan fingerprint density at radius 2 is 1.81 bits per heavy atom. The van der Waals surface area contributed by atoms with E-state index in [9.17, 15) is 13.2 Å². The van der Waals surface area contributed by atoms with Crippen LogP contribution in [0, 0.1) is 0 Å². The Bertz CT molecular complexity index is 881. The molecule has 26 heavy (non-hydrogen) atoms. The fraction of sp³-hybridized carbons (Fsp3) is 0.278. The van der Waals surface area contributed by atoms with Gasteiger partial charge in [-0.25, -0.2) is 12.7 Å². The summed E-state index contributed by atoms with van der Waals surface area (Å²) in [6.45, 7) is 0.420. The van der Waals surface area contributed by atoms with E-state index in [1.54, 1.807) is 7.11 Å². The molecule has 2 rings (SSSR count). The Hall–Kier alpha value is -2.09. The number of ether oxygens (including phenoxy) is 1. The van der Waals surface area contributed by atoms with Gasteiger partial charge in [0.05, 0.1) is 12.1 Å². The summed E-state index contributed by atoms with van der Waals surface area (Å²) in [7, 11) is 0.699. The molecular formula is C18H21ClN2O4S. The van der Waals surface area contributed by atoms with Crippen LogP contribution in [0.1, 0.15) is 15.9 Å². The molecule has 0 fully saturated rings. The maximum atomic E-state index is 12.3. The molecule has 6 nitrogen and oxygen atoms in total. The second kappa shape index (κ2) is 8.53. The van der Waals surface area contributed by atoms with Gasteiger partial charge in [0, 0.05) is 26.2 Å². The average Bonchev–Trinajstić information content (AvgIpc) is 2.62. The highest BCUT2D eigenvalue weighted by atomic mass is 35.5. The topological polar surface area (TPSA) is 75.7 Å². The molecule has 0 aliphatic heterocycles. The fourth-order valence-corrected chi connectivity index (χ4v) is 3.65. The molecular weight excluding hydrogens is 376 g/mol. The molecule has 0 bridgehead atoms. The lowest BCUT2D eigenvalue weighted by Gasteiger charge is -2.14. The highest BCUT2D eigenvalue weighted by Gasteiger charge is 2.22. The van der Waals surface area contributed by atoms with E-state index in [-0.39, 0.29) is 21.4 Å². The average molecular weight is 397 g/mol. The zero-order valence-corrected chi connectivity index (χ0v) is 16.4. The van der Waals surface area contributed by atoms with Crippen molar-refractivity contribution in [1.82, 2.24) is 9.62 Å². The Morgan fingerprint density at radius 3 is 2.38 bits per heavy atom. The molecule has 8 heteroatoms. The number of rotatable bonds is 7. The van der Waals surface area contributed by atoms with E-state index in [1.165, 1.54) is 32.3 Å². The van der Waals surface area contributed by atoms with Crippen LogP contribution in [0.2, 0.25) is 5.02 Å². The van der Waals surface area contributed by atoms with E-state index >= 15 is 0 Å². The standard InChI is InChI=1S/C18H21ClN2O4S/c1-21(2)26(23,24)17-12-14(6-9-16(17)19)18(22)20-11-10-13-4-7-15(25-3)8-5-13/h4-9,12H,10-11H2,1-3H3,(H,20,22). The Morgan fingerprint density at radius 1 is 1.15 bits per heavy atom. The van der Waals surface area contributed by atoms with Gasteiger partial charge >= 0.3 is 0 Å². The maximum absolute atomic E-state index is 12.3. The number of halogens is 1. The minimum Gasteiger partial charge on any atom is -0.497 e. The first kappa shape index (κ1) is 20.2. The van der Waals surface area contributed by atoms with Crippen molar-refractivity contribution in [2.45, 2.75) is 11.3 Å². The van der Waals surface area contributed by atoms with Crippen LogP contribution in [0.3, 0.4) is 0 Å². The van der Waals surface area contributed by atoms with Gasteiger partial charge in [-0.1, -0.05) is 23.7 Å². The van der Waals surface area contributed by atoms with Gasteiger partial charge in [-0.2, -0.15) is 0 Å². The van der Waals surface area contributed by atoms with Crippen molar-refractivity contribution in [1.29, 1.82) is 0 Å². The lowest BCUT2D eigenvalue weighted by molar-refractivity contribution is 0.0954. The highest BCUT2D eigenvalue weighted by Crippen LogP contribution is 2.24. The van der Waals surface area contributed by atoms with Gasteiger partial charge in [0.15, 0.2) is 0 Å². The summed E-state index contributed by atoms with van der Waals surface area (Å²) in [5, 5.41) is 2.86. The minimum absolute atomic E-state index is 0.0773. The first-order chi connectivity index (χ1) is 12.3. The SMILES string of the molecule is COc1ccc(CCNC(=O)c2ccc(Cl)c(S(=O)(=O)N(C)C)c2)cc1. The quantitative estimate of drug-likeness (QED) is 0.780. The number of carbonyl (C=O) groups is 1. The molecule has 2 aromatic carbocycles. The molecule has 0 heterocycles. The van der Waals surface area contributed by atoms with Gasteiger partial charge in [0.1, 0.15) is 10.6 Å². The predicted molar refractivity (Wildman–Crippen MR) is 101 cm³/mol. The summed E-state index contributed by atoms with van der Waals surface area (Å²) < 4.78 is 30.7. The van der Waals surface area contributed by atoms with Crippen LogP contribution < -0.4 is 10.1 Å². The Labute approximate surface area is 158 Å². The molecule has 0 unspecified atom stereocenters. The zero-order chi connectivity index (χ0) is 19.3. The first-order valence-electron chi connectivity index (χ1n) is 7.89. The van der Waals surface area contributed by atoms with E-state index in [2.05, 4.69) is 5.32 Å². The number of hydrogen-bond acceptors (Lipinski definition) is 4. The maximum Gasteiger partial charge on any atom is 0.251 e. The van der Waals surface area contributed by atoms with Crippen molar-refractivity contribution in [2.24, 2.45) is 0 Å². The van der Waals surface area contributed by atoms with Crippen molar-refractivity contribution in [3.8, 4) is 5.75 Å².